The molecule has 0 spiro atoms. The van der Waals surface area contributed by atoms with Crippen molar-refractivity contribution in [3.05, 3.63) is 71.8 Å². The highest BCUT2D eigenvalue weighted by Gasteiger charge is 2.20. The van der Waals surface area contributed by atoms with E-state index in [2.05, 4.69) is 300 Å². The highest BCUT2D eigenvalue weighted by molar-refractivity contribution is 8.13. The van der Waals surface area contributed by atoms with Crippen molar-refractivity contribution >= 4 is 70.5 Å². The van der Waals surface area contributed by atoms with E-state index < -0.39 is 40.7 Å². The van der Waals surface area contributed by atoms with Gasteiger partial charge in [-0.2, -0.15) is 18.2 Å². The van der Waals surface area contributed by atoms with Crippen LogP contribution >= 0.6 is 36.0 Å². The zero-order chi connectivity index (χ0) is 69.3. The average Bonchev–Trinajstić information content (AvgIpc) is 2.43. The van der Waals surface area contributed by atoms with Gasteiger partial charge in [0, 0.05) is 220 Å². The van der Waals surface area contributed by atoms with Crippen molar-refractivity contribution in [2.45, 2.75) is 39.1 Å². The Balaban J connectivity index is 0. The van der Waals surface area contributed by atoms with Crippen molar-refractivity contribution in [3.8, 4) is 0 Å². The number of aliphatic carboxylic acids is 2. The molecule has 0 aromatic heterocycles. The van der Waals surface area contributed by atoms with Crippen LogP contribution < -0.4 is 16.5 Å². The lowest BCUT2D eigenvalue weighted by Gasteiger charge is -2.12. The van der Waals surface area contributed by atoms with Gasteiger partial charge in [-0.25, -0.2) is 19.2 Å². The van der Waals surface area contributed by atoms with E-state index in [1.807, 2.05) is 60.7 Å². The molecule has 492 valence electrons. The maximum atomic E-state index is 11.5. The molecule has 94 heavy (non-hydrogen) atoms. The Morgan fingerprint density at radius 3 is 0.862 bits per heavy atom. The van der Waals surface area contributed by atoms with Crippen molar-refractivity contribution in [2.24, 2.45) is 272 Å². The summed E-state index contributed by atoms with van der Waals surface area (Å²) in [6.07, 6.45) is 0. The summed E-state index contributed by atoms with van der Waals surface area (Å²) in [5, 5.41) is 172. The molecule has 2 rings (SSSR count). The van der Waals surface area contributed by atoms with Crippen molar-refractivity contribution in [3.63, 3.8) is 0 Å². The Labute approximate surface area is 528 Å². The Morgan fingerprint density at radius 1 is 0.426 bits per heavy atom. The molecule has 2 atom stereocenters. The van der Waals surface area contributed by atoms with Crippen LogP contribution in [-0.4, -0.2) is 68.3 Å². The van der Waals surface area contributed by atoms with Gasteiger partial charge in [0.1, 0.15) is 25.3 Å². The molecule has 0 radical (unpaired) electrons. The van der Waals surface area contributed by atoms with Gasteiger partial charge in [0.2, 0.25) is 11.8 Å². The number of hydrogen-bond acceptors (Lipinski definition) is 12. The maximum absolute atomic E-state index is 11.5. The summed E-state index contributed by atoms with van der Waals surface area (Å²) < 4.78 is 9.54. The number of carbonyl (C=O) groups is 6. The van der Waals surface area contributed by atoms with E-state index >= 15 is 0 Å². The quantitative estimate of drug-likeness (QED) is 0.00836. The third kappa shape index (κ3) is 63.7. The van der Waals surface area contributed by atoms with Gasteiger partial charge < -0.3 is 36.2 Å². The van der Waals surface area contributed by atoms with Crippen LogP contribution in [0.25, 0.3) is 0 Å². The number of nitrogens with two attached hydrogens (primary N) is 1. The fourth-order valence-corrected chi connectivity index (χ4v) is 4.33. The molecule has 2 aromatic rings. The van der Waals surface area contributed by atoms with Crippen molar-refractivity contribution in [1.82, 2.24) is 10.6 Å². The predicted molar refractivity (Wildman–Crippen MR) is 287 cm³/mol. The van der Waals surface area contributed by atoms with Gasteiger partial charge in [-0.15, -0.1) is 0 Å². The highest BCUT2D eigenvalue weighted by Crippen LogP contribution is 2.11. The summed E-state index contributed by atoms with van der Waals surface area (Å²) in [7, 11) is 0. The van der Waals surface area contributed by atoms with Gasteiger partial charge in [-0.3, -0.25) is 9.59 Å². The molecule has 0 aliphatic carbocycles. The van der Waals surface area contributed by atoms with E-state index in [-0.39, 0.29) is 30.6 Å². The summed E-state index contributed by atoms with van der Waals surface area (Å²) in [4.78, 5) is 63.8. The Kier molecular flexibility index (Phi) is 56.2. The number of carboxylic acid groups (broad SMARTS) is 2. The van der Waals surface area contributed by atoms with E-state index in [1.54, 1.807) is 0 Å². The van der Waals surface area contributed by atoms with Gasteiger partial charge in [0.15, 0.2) is 0 Å². The molecule has 0 aliphatic heterocycles. The van der Waals surface area contributed by atoms with Crippen molar-refractivity contribution in [2.75, 3.05) is 11.5 Å². The number of amides is 2. The lowest BCUT2D eigenvalue weighted by molar-refractivity contribution is -0.141. The molecule has 0 unspecified atom stereocenters. The van der Waals surface area contributed by atoms with Gasteiger partial charge in [-0.05, 0) is 101 Å². The van der Waals surface area contributed by atoms with Crippen LogP contribution in [0.4, 0.5) is 9.59 Å². The number of benzene rings is 2. The lowest BCUT2D eigenvalue weighted by atomic mass is 10.2. The molecule has 68 heteroatoms. The summed E-state index contributed by atoms with van der Waals surface area (Å²) in [6, 6.07) is 16.5. The molecule has 0 fully saturated rings. The second-order valence-electron chi connectivity index (χ2n) is 12.3. The van der Waals surface area contributed by atoms with Gasteiger partial charge >= 0.3 is 22.7 Å². The normalized spacial score (nSPS) is 13.4. The third-order valence-corrected chi connectivity index (χ3v) is 7.64. The lowest BCUT2D eigenvalue weighted by Crippen LogP contribution is -2.41. The Morgan fingerprint density at radius 2 is 0.660 bits per heavy atom. The van der Waals surface area contributed by atoms with Crippen LogP contribution in [0.15, 0.2) is 327 Å². The van der Waals surface area contributed by atoms with Crippen LogP contribution in [0.2, 0.25) is 0 Å². The van der Waals surface area contributed by atoms with Crippen LogP contribution in [0.5, 0.6) is 0 Å². The zero-order valence-electron chi connectivity index (χ0n) is 46.0. The molecule has 7 N–H and O–H groups in total. The number of ether oxygens (including phenoxy) is 2. The largest absolute Gasteiger partial charge is 0.480 e. The molecule has 2 amide bonds. The fraction of sp³-hybridized carbons (Fsp3) is 0.308. The SMILES string of the molecule is CC(=O)N[C@@H](CS)C(=O)O.CC(=O)N[C@@H](CSC(=O)OCc1ccccc1)C(=O)O.N=N/N=N/N=N/N=N/N=N/N=N/N=N/N=N/N=N/N=N/N=N/N=N/N=N/N=N/N=N/N=N/N=N/N=N/N=N/N=N/N=N/N=N/N=N/N=N/N=N/N=N/N.O=C(Cl)OCc1ccccc1. The number of thioether (sulfide) groups is 1. The monoisotopic (exact) mass is 1380 g/mol. The summed E-state index contributed by atoms with van der Waals surface area (Å²) in [5.74, 6) is 1.57. The first-order valence-electron chi connectivity index (χ1n) is 22.1. The van der Waals surface area contributed by atoms with Crippen molar-refractivity contribution in [1.29, 1.82) is 5.53 Å². The molecule has 0 saturated carbocycles. The number of rotatable bonds is 36. The first-order chi connectivity index (χ1) is 45.8. The van der Waals surface area contributed by atoms with Crippen LogP contribution in [0.3, 0.4) is 0 Å². The second kappa shape index (κ2) is 64.6. The average molecular weight is 1380 g/mol. The summed E-state index contributed by atoms with van der Waals surface area (Å²) in [6.45, 7) is 2.85. The highest BCUT2D eigenvalue weighted by atomic mass is 35.5. The summed E-state index contributed by atoms with van der Waals surface area (Å²) >= 11 is 9.42. The molecule has 0 saturated heterocycles. The zero-order valence-corrected chi connectivity index (χ0v) is 48.5. The number of nitrogens with zero attached hydrogens (tertiary/aromatic N) is 51. The van der Waals surface area contributed by atoms with Crippen LogP contribution in [0, 0.1) is 5.53 Å². The molecular formula is C26H34ClN55O10S2. The Hall–Kier alpha value is -14.3. The Bertz CT molecular complexity index is 3320. The molecule has 0 bridgehead atoms. The van der Waals surface area contributed by atoms with E-state index in [4.69, 9.17) is 32.1 Å². The minimum Gasteiger partial charge on any atom is -0.480 e. The second-order valence-corrected chi connectivity index (χ2v) is 13.9. The van der Waals surface area contributed by atoms with Crippen molar-refractivity contribution < 1.29 is 48.5 Å². The first-order valence-corrected chi connectivity index (χ1v) is 24.1. The fourth-order valence-electron chi connectivity index (χ4n) is 3.36. The number of halogens is 1. The molecular weight excluding hydrogens is 1340 g/mol. The molecule has 2 aromatic carbocycles. The van der Waals surface area contributed by atoms with E-state index in [9.17, 15) is 28.8 Å². The maximum Gasteiger partial charge on any atom is 0.404 e. The number of nitrogens with one attached hydrogen (secondary N) is 3. The molecule has 0 heterocycles. The van der Waals surface area contributed by atoms with E-state index in [0.717, 1.165) is 22.9 Å². The topological polar surface area (TPSA) is 866 Å². The van der Waals surface area contributed by atoms with Gasteiger partial charge in [0.25, 0.3) is 0 Å². The van der Waals surface area contributed by atoms with Crippen LogP contribution in [-0.2, 0) is 41.9 Å². The minimum absolute atomic E-state index is 0.0808. The number of carbonyl (C=O) groups excluding carboxylic acids is 4. The molecule has 0 aliphatic rings. The third-order valence-electron chi connectivity index (χ3n) is 6.31. The standard InChI is InChI=1S/C13H15NO5S.C8H7ClO2.C5H9NO3S.H3N53/c1-9(15)14-11(12(16)17)8-20-13(18)19-7-10-5-3-2-4-6-10;9-8(10)11-6-7-4-2-1-3-5-7;1-3(7)6-4(2-10)5(8)9;1-3-5-7-9-11-13-15-17-19-21-23-25-27-29-31-33-35-37-39-41-43-45-47-49-51-53-52-50-48-46-44-42-40-38-36-34-32-30-28-26-24-22-20-18-16-14-12-10-8-6-4-2/h2-6,11H,7-8H2,1H3,(H,14,15)(H,16,17);1-5H,6H2;4,10H,2H2,1H3,(H,6,7)(H,8,9);(H3,1,2,5,6,9,10,13,14,17,18,21,22,25,26,29,30,33,34,37,38,41,42,45,46,49,50,53)/t11-;;4-;/m0.0./s1. The predicted octanol–water partition coefficient (Wildman–Crippen LogP) is 12.8. The number of hydrogen-bond donors (Lipinski definition) is 7. The van der Waals surface area contributed by atoms with E-state index in [1.165, 1.54) is 13.8 Å². The van der Waals surface area contributed by atoms with Gasteiger partial charge in [-0.1, -0.05) is 65.9 Å². The first kappa shape index (κ1) is 81.7. The number of thiol groups is 1. The van der Waals surface area contributed by atoms with Gasteiger partial charge in [0.05, 0.1) is 0 Å². The van der Waals surface area contributed by atoms with Crippen LogP contribution in [0.1, 0.15) is 25.0 Å². The molecule has 65 nitrogen and oxygen atoms in total. The minimum atomic E-state index is -1.19. The number of carboxylic acids is 2. The van der Waals surface area contributed by atoms with E-state index in [0.29, 0.717) is 0 Å². The smallest absolute Gasteiger partial charge is 0.404 e. The summed E-state index contributed by atoms with van der Waals surface area (Å²) in [5.41, 5.74) is 7.26.